The van der Waals surface area contributed by atoms with Crippen LogP contribution >= 0.6 is 0 Å². The smallest absolute Gasteiger partial charge is 0.204 e. The van der Waals surface area contributed by atoms with Gasteiger partial charge in [-0.1, -0.05) is 17.7 Å². The maximum Gasteiger partial charge on any atom is 0.204 e. The normalized spacial score (nSPS) is 11.8. The Morgan fingerprint density at radius 1 is 1.35 bits per heavy atom. The molecule has 0 aliphatic heterocycles. The molecule has 0 aromatic heterocycles. The predicted molar refractivity (Wildman–Crippen MR) is 78.0 cm³/mol. The van der Waals surface area contributed by atoms with E-state index in [1.807, 2.05) is 6.92 Å². The second kappa shape index (κ2) is 7.50. The Morgan fingerprint density at radius 3 is 2.55 bits per heavy atom. The molecule has 2 N–H and O–H groups in total. The van der Waals surface area contributed by atoms with Crippen molar-refractivity contribution in [2.45, 2.75) is 18.2 Å². The molecule has 0 bridgehead atoms. The lowest BCUT2D eigenvalue weighted by molar-refractivity contribution is 0.592. The van der Waals surface area contributed by atoms with Crippen LogP contribution in [-0.2, 0) is 9.84 Å². The van der Waals surface area contributed by atoms with E-state index in [-0.39, 0.29) is 5.75 Å². The lowest BCUT2D eigenvalue weighted by Crippen LogP contribution is -2.35. The Hall–Kier alpha value is -2.07. The Kier molecular flexibility index (Phi) is 6.00. The largest absolute Gasteiger partial charge is 0.356 e. The van der Waals surface area contributed by atoms with E-state index in [1.165, 1.54) is 7.05 Å². The van der Waals surface area contributed by atoms with Gasteiger partial charge in [0.15, 0.2) is 16.0 Å². The summed E-state index contributed by atoms with van der Waals surface area (Å²) in [5, 5.41) is 13.7. The molecule has 20 heavy (non-hydrogen) atoms. The topological polar surface area (TPSA) is 94.3 Å². The van der Waals surface area contributed by atoms with E-state index in [0.717, 1.165) is 5.56 Å². The first kappa shape index (κ1) is 16.0. The lowest BCUT2D eigenvalue weighted by Gasteiger charge is -2.08. The van der Waals surface area contributed by atoms with Crippen LogP contribution in [0.15, 0.2) is 34.2 Å². The Labute approximate surface area is 119 Å². The summed E-state index contributed by atoms with van der Waals surface area (Å²) in [6, 6.07) is 6.80. The van der Waals surface area contributed by atoms with Crippen LogP contribution in [0.4, 0.5) is 0 Å². The Morgan fingerprint density at radius 2 is 2.00 bits per heavy atom. The van der Waals surface area contributed by atoms with Crippen LogP contribution in [0.2, 0.25) is 0 Å². The fraction of sp³-hybridized carbons (Fsp3) is 0.385. The zero-order valence-electron chi connectivity index (χ0n) is 11.5. The third kappa shape index (κ3) is 4.90. The average molecular weight is 294 g/mol. The first-order valence-electron chi connectivity index (χ1n) is 6.15. The molecule has 0 spiro atoms. The third-order valence-corrected chi connectivity index (χ3v) is 4.48. The van der Waals surface area contributed by atoms with Gasteiger partial charge < -0.3 is 5.32 Å². The van der Waals surface area contributed by atoms with Gasteiger partial charge in [-0.05, 0) is 25.5 Å². The molecule has 1 aromatic carbocycles. The average Bonchev–Trinajstić information content (AvgIpc) is 2.42. The van der Waals surface area contributed by atoms with Gasteiger partial charge in [0.2, 0.25) is 5.96 Å². The molecular weight excluding hydrogens is 276 g/mol. The van der Waals surface area contributed by atoms with E-state index in [0.29, 0.717) is 23.8 Å². The van der Waals surface area contributed by atoms with Crippen molar-refractivity contribution in [2.75, 3.05) is 19.3 Å². The highest BCUT2D eigenvalue weighted by atomic mass is 32.2. The molecule has 7 heteroatoms. The van der Waals surface area contributed by atoms with Gasteiger partial charge in [-0.25, -0.2) is 8.42 Å². The van der Waals surface area contributed by atoms with E-state index in [1.54, 1.807) is 30.5 Å². The van der Waals surface area contributed by atoms with Crippen LogP contribution in [0.5, 0.6) is 0 Å². The number of aryl methyl sites for hydroxylation is 1. The van der Waals surface area contributed by atoms with Crippen LogP contribution in [0.3, 0.4) is 0 Å². The molecule has 0 saturated heterocycles. The van der Waals surface area contributed by atoms with Crippen molar-refractivity contribution >= 4 is 15.8 Å². The number of sulfone groups is 1. The molecule has 0 fully saturated rings. The van der Waals surface area contributed by atoms with Crippen molar-refractivity contribution in [3.05, 3.63) is 29.8 Å². The highest BCUT2D eigenvalue weighted by molar-refractivity contribution is 7.91. The number of guanidine groups is 1. The minimum absolute atomic E-state index is 0.0482. The van der Waals surface area contributed by atoms with Gasteiger partial charge in [-0.2, -0.15) is 5.26 Å². The van der Waals surface area contributed by atoms with Gasteiger partial charge in [0.1, 0.15) is 0 Å². The highest BCUT2D eigenvalue weighted by Crippen LogP contribution is 2.12. The zero-order valence-corrected chi connectivity index (χ0v) is 12.4. The summed E-state index contributed by atoms with van der Waals surface area (Å²) in [5.74, 6) is 0.382. The van der Waals surface area contributed by atoms with Gasteiger partial charge in [-0.15, -0.1) is 0 Å². The lowest BCUT2D eigenvalue weighted by atomic mass is 10.2. The molecule has 0 aliphatic carbocycles. The quantitative estimate of drug-likeness (QED) is 0.275. The van der Waals surface area contributed by atoms with Crippen molar-refractivity contribution in [3.63, 3.8) is 0 Å². The minimum Gasteiger partial charge on any atom is -0.356 e. The van der Waals surface area contributed by atoms with Gasteiger partial charge >= 0.3 is 0 Å². The molecule has 0 radical (unpaired) electrons. The number of nitrogens with one attached hydrogen (secondary N) is 2. The number of benzene rings is 1. The molecule has 108 valence electrons. The van der Waals surface area contributed by atoms with Crippen LogP contribution in [-0.4, -0.2) is 33.7 Å². The van der Waals surface area contributed by atoms with Crippen molar-refractivity contribution in [2.24, 2.45) is 4.99 Å². The summed E-state index contributed by atoms with van der Waals surface area (Å²) >= 11 is 0. The van der Waals surface area contributed by atoms with Crippen molar-refractivity contribution in [3.8, 4) is 6.19 Å². The number of hydrogen-bond donors (Lipinski definition) is 2. The first-order chi connectivity index (χ1) is 9.49. The Balaban J connectivity index is 2.49. The maximum absolute atomic E-state index is 12.1. The van der Waals surface area contributed by atoms with Gasteiger partial charge in [0.05, 0.1) is 10.6 Å². The molecule has 0 aliphatic rings. The molecule has 6 nitrogen and oxygen atoms in total. The maximum atomic E-state index is 12.1. The Bertz CT molecular complexity index is 600. The molecule has 0 heterocycles. The summed E-state index contributed by atoms with van der Waals surface area (Å²) < 4.78 is 24.1. The van der Waals surface area contributed by atoms with Gasteiger partial charge in [0.25, 0.3) is 0 Å². The number of hydrogen-bond acceptors (Lipinski definition) is 4. The van der Waals surface area contributed by atoms with Crippen molar-refractivity contribution in [1.82, 2.24) is 10.6 Å². The second-order valence-electron chi connectivity index (χ2n) is 4.22. The molecule has 0 atom stereocenters. The highest BCUT2D eigenvalue weighted by Gasteiger charge is 2.13. The molecular formula is C13H18N4O2S. The summed E-state index contributed by atoms with van der Waals surface area (Å²) in [6.45, 7) is 2.33. The van der Waals surface area contributed by atoms with E-state index in [9.17, 15) is 8.42 Å². The fourth-order valence-electron chi connectivity index (χ4n) is 1.56. The minimum atomic E-state index is -3.26. The summed E-state index contributed by atoms with van der Waals surface area (Å²) in [4.78, 5) is 4.14. The molecule has 1 rings (SSSR count). The van der Waals surface area contributed by atoms with E-state index < -0.39 is 9.84 Å². The van der Waals surface area contributed by atoms with Crippen LogP contribution < -0.4 is 10.6 Å². The third-order valence-electron chi connectivity index (χ3n) is 2.66. The summed E-state index contributed by atoms with van der Waals surface area (Å²) in [5.41, 5.74) is 1.02. The van der Waals surface area contributed by atoms with Crippen molar-refractivity contribution in [1.29, 1.82) is 5.26 Å². The zero-order chi connectivity index (χ0) is 15.0. The number of rotatable bonds is 5. The van der Waals surface area contributed by atoms with Gasteiger partial charge in [0, 0.05) is 13.6 Å². The standard InChI is InChI=1S/C13H18N4O2S/c1-11-4-6-12(7-5-11)20(18,19)9-3-8-16-13(15-2)17-10-14/h4-7H,3,8-9H2,1-2H3,(H2,15,16,17). The number of nitriles is 1. The number of nitrogens with zero attached hydrogens (tertiary/aromatic N) is 2. The van der Waals surface area contributed by atoms with Crippen LogP contribution in [0, 0.1) is 18.4 Å². The molecule has 1 aromatic rings. The second-order valence-corrected chi connectivity index (χ2v) is 6.33. The SMILES string of the molecule is CN=C(NC#N)NCCCS(=O)(=O)c1ccc(C)cc1. The van der Waals surface area contributed by atoms with Crippen molar-refractivity contribution < 1.29 is 8.42 Å². The fourth-order valence-corrected chi connectivity index (χ4v) is 2.88. The summed E-state index contributed by atoms with van der Waals surface area (Å²) in [6.07, 6.45) is 2.18. The molecule has 0 saturated carbocycles. The summed E-state index contributed by atoms with van der Waals surface area (Å²) in [7, 11) is -1.72. The van der Waals surface area contributed by atoms with Crippen LogP contribution in [0.1, 0.15) is 12.0 Å². The van der Waals surface area contributed by atoms with Crippen LogP contribution in [0.25, 0.3) is 0 Å². The van der Waals surface area contributed by atoms with E-state index in [2.05, 4.69) is 15.6 Å². The van der Waals surface area contributed by atoms with E-state index >= 15 is 0 Å². The van der Waals surface area contributed by atoms with E-state index in [4.69, 9.17) is 5.26 Å². The first-order valence-corrected chi connectivity index (χ1v) is 7.80. The predicted octanol–water partition coefficient (Wildman–Crippen LogP) is 0.805. The molecule has 0 amide bonds. The van der Waals surface area contributed by atoms with Gasteiger partial charge in [-0.3, -0.25) is 10.3 Å². The monoisotopic (exact) mass is 294 g/mol. The molecule has 0 unspecified atom stereocenters. The number of aliphatic imine (C=N–C) groups is 1.